The number of rotatable bonds is 5. The topological polar surface area (TPSA) is 64.3 Å². The molecule has 0 spiro atoms. The van der Waals surface area contributed by atoms with Crippen LogP contribution in [0.25, 0.3) is 0 Å². The molecule has 0 bridgehead atoms. The fourth-order valence-corrected chi connectivity index (χ4v) is 2.66. The minimum absolute atomic E-state index is 0.282. The van der Waals surface area contributed by atoms with Crippen molar-refractivity contribution in [3.05, 3.63) is 35.4 Å². The van der Waals surface area contributed by atoms with Crippen molar-refractivity contribution in [3.8, 4) is 0 Å². The predicted molar refractivity (Wildman–Crippen MR) is 89.1 cm³/mol. The van der Waals surface area contributed by atoms with Gasteiger partial charge in [0.1, 0.15) is 5.60 Å². The van der Waals surface area contributed by atoms with E-state index in [0.29, 0.717) is 19.0 Å². The van der Waals surface area contributed by atoms with Crippen molar-refractivity contribution in [1.29, 1.82) is 0 Å². The number of hydrogen-bond donors (Lipinski definition) is 2. The van der Waals surface area contributed by atoms with Crippen molar-refractivity contribution in [3.63, 3.8) is 0 Å². The van der Waals surface area contributed by atoms with Gasteiger partial charge in [0, 0.05) is 18.5 Å². The lowest BCUT2D eigenvalue weighted by atomic mass is 9.78. The molecule has 1 amide bonds. The van der Waals surface area contributed by atoms with Crippen LogP contribution in [0, 0.1) is 0 Å². The van der Waals surface area contributed by atoms with Crippen LogP contribution in [0.3, 0.4) is 0 Å². The lowest BCUT2D eigenvalue weighted by Gasteiger charge is -2.31. The summed E-state index contributed by atoms with van der Waals surface area (Å²) in [4.78, 5) is 11.9. The van der Waals surface area contributed by atoms with E-state index in [0.717, 1.165) is 0 Å². The number of nitrogens with two attached hydrogens (primary N) is 1. The zero-order valence-corrected chi connectivity index (χ0v) is 14.1. The number of ether oxygens (including phenoxy) is 1. The summed E-state index contributed by atoms with van der Waals surface area (Å²) in [6.45, 7) is 8.63. The second-order valence-corrected chi connectivity index (χ2v) is 7.48. The Kier molecular flexibility index (Phi) is 4.81. The first-order valence-corrected chi connectivity index (χ1v) is 8.01. The van der Waals surface area contributed by atoms with Crippen LogP contribution >= 0.6 is 0 Å². The van der Waals surface area contributed by atoms with Gasteiger partial charge in [-0.05, 0) is 50.7 Å². The number of hydrogen-bond acceptors (Lipinski definition) is 3. The zero-order chi connectivity index (χ0) is 16.4. The first kappa shape index (κ1) is 16.8. The van der Waals surface area contributed by atoms with Gasteiger partial charge in [-0.25, -0.2) is 4.79 Å². The molecule has 0 aromatic heterocycles. The molecule has 0 heterocycles. The predicted octanol–water partition coefficient (Wildman–Crippen LogP) is 3.31. The molecular weight excluding hydrogens is 276 g/mol. The quantitative estimate of drug-likeness (QED) is 0.877. The van der Waals surface area contributed by atoms with Crippen LogP contribution in [0.4, 0.5) is 4.79 Å². The molecular formula is C18H28N2O2. The van der Waals surface area contributed by atoms with Crippen molar-refractivity contribution < 1.29 is 9.53 Å². The molecule has 3 N–H and O–H groups in total. The van der Waals surface area contributed by atoms with E-state index in [9.17, 15) is 4.79 Å². The van der Waals surface area contributed by atoms with Gasteiger partial charge >= 0.3 is 6.09 Å². The summed E-state index contributed by atoms with van der Waals surface area (Å²) < 4.78 is 5.31. The Morgan fingerprint density at radius 3 is 2.45 bits per heavy atom. The third kappa shape index (κ3) is 4.23. The van der Waals surface area contributed by atoms with E-state index in [-0.39, 0.29) is 5.41 Å². The molecule has 4 nitrogen and oxygen atoms in total. The summed E-state index contributed by atoms with van der Waals surface area (Å²) >= 11 is 0. The lowest BCUT2D eigenvalue weighted by molar-refractivity contribution is 0.0516. The molecule has 0 aliphatic heterocycles. The lowest BCUT2D eigenvalue weighted by Crippen LogP contribution is -2.45. The van der Waals surface area contributed by atoms with Crippen LogP contribution in [0.5, 0.6) is 0 Å². The van der Waals surface area contributed by atoms with E-state index in [1.807, 2.05) is 26.8 Å². The number of carbonyl (C=O) groups is 1. The molecule has 22 heavy (non-hydrogen) atoms. The van der Waals surface area contributed by atoms with E-state index >= 15 is 0 Å². The van der Waals surface area contributed by atoms with Crippen LogP contribution in [0.2, 0.25) is 0 Å². The van der Waals surface area contributed by atoms with Crippen LogP contribution in [-0.4, -0.2) is 24.8 Å². The summed E-state index contributed by atoms with van der Waals surface area (Å²) in [7, 11) is 0. The Morgan fingerprint density at radius 1 is 1.27 bits per heavy atom. The van der Waals surface area contributed by atoms with Gasteiger partial charge in [-0.15, -0.1) is 0 Å². The van der Waals surface area contributed by atoms with E-state index in [2.05, 4.69) is 30.4 Å². The molecule has 0 radical (unpaired) electrons. The van der Waals surface area contributed by atoms with Crippen molar-refractivity contribution in [2.45, 2.75) is 57.5 Å². The van der Waals surface area contributed by atoms with Crippen molar-refractivity contribution in [2.24, 2.45) is 5.73 Å². The van der Waals surface area contributed by atoms with Gasteiger partial charge < -0.3 is 15.8 Å². The third-order valence-corrected chi connectivity index (χ3v) is 4.10. The van der Waals surface area contributed by atoms with Gasteiger partial charge in [0.25, 0.3) is 0 Å². The van der Waals surface area contributed by atoms with Gasteiger partial charge in [0.2, 0.25) is 0 Å². The maximum atomic E-state index is 11.9. The Balaban J connectivity index is 2.10. The fourth-order valence-electron chi connectivity index (χ4n) is 2.66. The van der Waals surface area contributed by atoms with E-state index in [4.69, 9.17) is 10.5 Å². The molecule has 0 saturated heterocycles. The van der Waals surface area contributed by atoms with Crippen LogP contribution < -0.4 is 11.1 Å². The van der Waals surface area contributed by atoms with E-state index in [1.165, 1.54) is 24.0 Å². The van der Waals surface area contributed by atoms with Gasteiger partial charge in [-0.3, -0.25) is 0 Å². The highest BCUT2D eigenvalue weighted by atomic mass is 16.6. The standard InChI is InChI=1S/C18H28N2O2/c1-17(2,3)22-16(21)20-12-18(4,11-19)15-8-6-5-7-14(15)13-9-10-13/h5-8,13H,9-12,19H2,1-4H3,(H,20,21). The molecule has 1 aromatic carbocycles. The monoisotopic (exact) mass is 304 g/mol. The van der Waals surface area contributed by atoms with Crippen molar-refractivity contribution in [2.75, 3.05) is 13.1 Å². The molecule has 1 saturated carbocycles. The maximum Gasteiger partial charge on any atom is 0.407 e. The summed E-state index contributed by atoms with van der Waals surface area (Å²) in [6.07, 6.45) is 2.10. The van der Waals surface area contributed by atoms with E-state index in [1.54, 1.807) is 0 Å². The number of alkyl carbamates (subject to hydrolysis) is 1. The van der Waals surface area contributed by atoms with Crippen LogP contribution in [0.1, 0.15) is 57.6 Å². The van der Waals surface area contributed by atoms with Gasteiger partial charge in [-0.2, -0.15) is 0 Å². The van der Waals surface area contributed by atoms with E-state index < -0.39 is 11.7 Å². The van der Waals surface area contributed by atoms with Gasteiger partial charge in [0.15, 0.2) is 0 Å². The second-order valence-electron chi connectivity index (χ2n) is 7.48. The number of benzene rings is 1. The molecule has 1 aliphatic carbocycles. The Morgan fingerprint density at radius 2 is 1.91 bits per heavy atom. The molecule has 1 fully saturated rings. The van der Waals surface area contributed by atoms with Crippen LogP contribution in [-0.2, 0) is 10.2 Å². The maximum absolute atomic E-state index is 11.9. The normalized spacial score (nSPS) is 17.7. The SMILES string of the molecule is CC(C)(C)OC(=O)NCC(C)(CN)c1ccccc1C1CC1. The highest BCUT2D eigenvalue weighted by Crippen LogP contribution is 2.44. The largest absolute Gasteiger partial charge is 0.444 e. The zero-order valence-electron chi connectivity index (χ0n) is 14.1. The fraction of sp³-hybridized carbons (Fsp3) is 0.611. The molecule has 2 rings (SSSR count). The smallest absolute Gasteiger partial charge is 0.407 e. The summed E-state index contributed by atoms with van der Waals surface area (Å²) in [5, 5.41) is 2.87. The second kappa shape index (κ2) is 6.29. The number of nitrogens with one attached hydrogen (secondary N) is 1. The molecule has 122 valence electrons. The highest BCUT2D eigenvalue weighted by molar-refractivity contribution is 5.68. The Hall–Kier alpha value is -1.55. The van der Waals surface area contributed by atoms with Gasteiger partial charge in [-0.1, -0.05) is 31.2 Å². The molecule has 4 heteroatoms. The molecule has 1 aliphatic rings. The van der Waals surface area contributed by atoms with Crippen LogP contribution in [0.15, 0.2) is 24.3 Å². The molecule has 1 unspecified atom stereocenters. The van der Waals surface area contributed by atoms with Crippen molar-refractivity contribution >= 4 is 6.09 Å². The first-order chi connectivity index (χ1) is 10.2. The minimum Gasteiger partial charge on any atom is -0.444 e. The minimum atomic E-state index is -0.491. The number of amides is 1. The average molecular weight is 304 g/mol. The highest BCUT2D eigenvalue weighted by Gasteiger charge is 2.34. The summed E-state index contributed by atoms with van der Waals surface area (Å²) in [5.74, 6) is 0.656. The first-order valence-electron chi connectivity index (χ1n) is 8.01. The summed E-state index contributed by atoms with van der Waals surface area (Å²) in [6, 6.07) is 8.45. The average Bonchev–Trinajstić information content (AvgIpc) is 3.27. The molecule has 1 aromatic rings. The van der Waals surface area contributed by atoms with Gasteiger partial charge in [0.05, 0.1) is 0 Å². The Bertz CT molecular complexity index is 532. The summed E-state index contributed by atoms with van der Waals surface area (Å²) in [5.41, 5.74) is 7.90. The third-order valence-electron chi connectivity index (χ3n) is 4.10. The number of carbonyl (C=O) groups excluding carboxylic acids is 1. The Labute approximate surface area is 133 Å². The molecule has 1 atom stereocenters. The van der Waals surface area contributed by atoms with Crippen molar-refractivity contribution in [1.82, 2.24) is 5.32 Å².